The van der Waals surface area contributed by atoms with Crippen LogP contribution >= 0.6 is 11.6 Å². The van der Waals surface area contributed by atoms with Gasteiger partial charge in [0.25, 0.3) is 10.0 Å². The van der Waals surface area contributed by atoms with Crippen LogP contribution in [0.25, 0.3) is 21.7 Å². The van der Waals surface area contributed by atoms with Gasteiger partial charge in [-0.15, -0.1) is 0 Å². The largest absolute Gasteiger partial charge is 0.355 e. The first-order valence-corrected chi connectivity index (χ1v) is 16.0. The van der Waals surface area contributed by atoms with Crippen LogP contribution in [0, 0.1) is 5.41 Å². The van der Waals surface area contributed by atoms with Crippen molar-refractivity contribution < 1.29 is 27.6 Å². The number of Topliss-reactive ketones (excluding diaryl/α,β-unsaturated/α-hetero) is 1. The second kappa shape index (κ2) is 12.8. The van der Waals surface area contributed by atoms with Gasteiger partial charge < -0.3 is 15.1 Å². The lowest BCUT2D eigenvalue weighted by atomic mass is 9.97. The minimum Gasteiger partial charge on any atom is -0.355 e. The van der Waals surface area contributed by atoms with Gasteiger partial charge >= 0.3 is 6.47 Å². The Morgan fingerprint density at radius 3 is 2.64 bits per heavy atom. The molecule has 3 aromatic carbocycles. The molecule has 2 heterocycles. The molecule has 0 radical (unpaired) electrons. The Labute approximate surface area is 260 Å². The molecular formula is C32H31ClN4O6S. The maximum absolute atomic E-state index is 13.9. The number of carbonyl (C=O) groups excluding carboxylic acids is 3. The van der Waals surface area contributed by atoms with Crippen molar-refractivity contribution in [3.05, 3.63) is 83.0 Å². The van der Waals surface area contributed by atoms with Gasteiger partial charge in [-0.1, -0.05) is 55.3 Å². The van der Waals surface area contributed by atoms with E-state index in [1.807, 2.05) is 13.0 Å². The number of nitrogens with one attached hydrogen (secondary N) is 1. The van der Waals surface area contributed by atoms with Crippen LogP contribution in [0.2, 0.25) is 5.02 Å². The molecule has 0 saturated carbocycles. The SMILES string of the molecule is CCCC(=N)Cc1cc(C(=O)[C@H](C)N2CC[C@H](N(OC=O)S(=O)(=O)c3ccc4cc(Cl)ccc4c3)C2=O)c2ccccc2n1. The number of hydrogen-bond acceptors (Lipinski definition) is 8. The predicted molar refractivity (Wildman–Crippen MR) is 167 cm³/mol. The zero-order valence-electron chi connectivity index (χ0n) is 24.2. The van der Waals surface area contributed by atoms with Crippen LogP contribution < -0.4 is 0 Å². The summed E-state index contributed by atoms with van der Waals surface area (Å²) in [6.07, 6.45) is 1.75. The van der Waals surface area contributed by atoms with Gasteiger partial charge in [-0.3, -0.25) is 19.4 Å². The number of benzene rings is 3. The second-order valence-corrected chi connectivity index (χ2v) is 12.9. The second-order valence-electron chi connectivity index (χ2n) is 10.7. The van der Waals surface area contributed by atoms with Crippen LogP contribution in [0.4, 0.5) is 0 Å². The van der Waals surface area contributed by atoms with Gasteiger partial charge in [0.05, 0.1) is 16.5 Å². The summed E-state index contributed by atoms with van der Waals surface area (Å²) in [6.45, 7) is 3.61. The quantitative estimate of drug-likeness (QED) is 0.0959. The van der Waals surface area contributed by atoms with E-state index < -0.39 is 28.0 Å². The summed E-state index contributed by atoms with van der Waals surface area (Å²) < 4.78 is 27.8. The number of ketones is 1. The van der Waals surface area contributed by atoms with Crippen molar-refractivity contribution in [3.63, 3.8) is 0 Å². The van der Waals surface area contributed by atoms with Gasteiger partial charge in [-0.25, -0.2) is 8.42 Å². The fraction of sp³-hybridized carbons (Fsp3) is 0.281. The molecule has 12 heteroatoms. The van der Waals surface area contributed by atoms with E-state index in [1.165, 1.54) is 17.0 Å². The molecule has 228 valence electrons. The number of para-hydroxylation sites is 1. The molecule has 0 bridgehead atoms. The van der Waals surface area contributed by atoms with Crippen molar-refractivity contribution in [2.24, 2.45) is 0 Å². The van der Waals surface area contributed by atoms with Crippen LogP contribution in [0.1, 0.15) is 49.2 Å². The fourth-order valence-corrected chi connectivity index (χ4v) is 7.15. The number of fused-ring (bicyclic) bond motifs is 2. The third-order valence-electron chi connectivity index (χ3n) is 7.75. The van der Waals surface area contributed by atoms with Crippen LogP contribution in [-0.4, -0.2) is 65.3 Å². The van der Waals surface area contributed by atoms with E-state index in [9.17, 15) is 22.8 Å². The molecular weight excluding hydrogens is 604 g/mol. The minimum absolute atomic E-state index is 0.00321. The summed E-state index contributed by atoms with van der Waals surface area (Å²) >= 11 is 6.05. The number of carbonyl (C=O) groups is 3. The Morgan fingerprint density at radius 2 is 1.89 bits per heavy atom. The van der Waals surface area contributed by atoms with Crippen molar-refractivity contribution in [3.8, 4) is 0 Å². The zero-order chi connectivity index (χ0) is 31.6. The topological polar surface area (TPSA) is 138 Å². The van der Waals surface area contributed by atoms with Gasteiger partial charge in [0.2, 0.25) is 5.91 Å². The summed E-state index contributed by atoms with van der Waals surface area (Å²) in [5.41, 5.74) is 2.05. The monoisotopic (exact) mass is 634 g/mol. The lowest BCUT2D eigenvalue weighted by molar-refractivity contribution is -0.162. The van der Waals surface area contributed by atoms with Crippen molar-refractivity contribution >= 4 is 67.2 Å². The number of nitrogens with zero attached hydrogens (tertiary/aromatic N) is 3. The zero-order valence-corrected chi connectivity index (χ0v) is 25.8. The molecule has 0 unspecified atom stereocenters. The average molecular weight is 635 g/mol. The highest BCUT2D eigenvalue weighted by atomic mass is 35.5. The normalized spacial score (nSPS) is 16.0. The Hall–Kier alpha value is -4.19. The smallest absolute Gasteiger partial charge is 0.314 e. The van der Waals surface area contributed by atoms with Crippen LogP contribution in [0.5, 0.6) is 0 Å². The molecule has 1 amide bonds. The molecule has 1 N–H and O–H groups in total. The number of likely N-dealkylation sites (tertiary alicyclic amines) is 1. The maximum atomic E-state index is 13.9. The average Bonchev–Trinajstić information content (AvgIpc) is 3.38. The van der Waals surface area contributed by atoms with E-state index in [2.05, 4.69) is 4.98 Å². The lowest BCUT2D eigenvalue weighted by Gasteiger charge is -2.27. The summed E-state index contributed by atoms with van der Waals surface area (Å²) in [5, 5.41) is 10.7. The van der Waals surface area contributed by atoms with Gasteiger partial charge in [0, 0.05) is 40.3 Å². The Kier molecular flexibility index (Phi) is 9.10. The number of aromatic nitrogens is 1. The number of hydroxylamine groups is 1. The predicted octanol–water partition coefficient (Wildman–Crippen LogP) is 5.35. The van der Waals surface area contributed by atoms with Crippen molar-refractivity contribution in [2.45, 2.75) is 56.5 Å². The summed E-state index contributed by atoms with van der Waals surface area (Å²) in [6, 6.07) is 15.9. The fourth-order valence-electron chi connectivity index (χ4n) is 5.57. The molecule has 4 aromatic rings. The Morgan fingerprint density at radius 1 is 1.16 bits per heavy atom. The molecule has 0 aliphatic carbocycles. The minimum atomic E-state index is -4.47. The Balaban J connectivity index is 1.43. The lowest BCUT2D eigenvalue weighted by Crippen LogP contribution is -2.48. The summed E-state index contributed by atoms with van der Waals surface area (Å²) in [7, 11) is -4.47. The van der Waals surface area contributed by atoms with Crippen molar-refractivity contribution in [1.82, 2.24) is 14.4 Å². The van der Waals surface area contributed by atoms with E-state index in [0.717, 1.165) is 6.42 Å². The summed E-state index contributed by atoms with van der Waals surface area (Å²) in [4.78, 5) is 49.8. The first-order valence-electron chi connectivity index (χ1n) is 14.2. The van der Waals surface area contributed by atoms with Crippen molar-refractivity contribution in [1.29, 1.82) is 5.41 Å². The van der Waals surface area contributed by atoms with Crippen LogP contribution in [0.3, 0.4) is 0 Å². The number of sulfonamides is 1. The third kappa shape index (κ3) is 6.08. The number of halogens is 1. The first-order chi connectivity index (χ1) is 21.0. The highest BCUT2D eigenvalue weighted by molar-refractivity contribution is 7.89. The molecule has 0 spiro atoms. The highest BCUT2D eigenvalue weighted by Crippen LogP contribution is 2.30. The van der Waals surface area contributed by atoms with E-state index in [1.54, 1.807) is 55.5 Å². The number of pyridine rings is 1. The Bertz CT molecular complexity index is 1900. The molecule has 2 atom stereocenters. The van der Waals surface area contributed by atoms with E-state index in [-0.39, 0.29) is 30.1 Å². The number of amides is 1. The summed E-state index contributed by atoms with van der Waals surface area (Å²) in [5.74, 6) is -1.01. The molecule has 44 heavy (non-hydrogen) atoms. The first kappa shape index (κ1) is 31.2. The highest BCUT2D eigenvalue weighted by Gasteiger charge is 2.46. The van der Waals surface area contributed by atoms with Gasteiger partial charge in [-0.05, 0) is 71.4 Å². The number of hydrogen-bond donors (Lipinski definition) is 1. The van der Waals surface area contributed by atoms with E-state index in [4.69, 9.17) is 21.8 Å². The molecule has 1 aliphatic heterocycles. The van der Waals surface area contributed by atoms with Crippen molar-refractivity contribution in [2.75, 3.05) is 6.54 Å². The third-order valence-corrected chi connectivity index (χ3v) is 9.65. The molecule has 5 rings (SSSR count). The van der Waals surface area contributed by atoms with Crippen LogP contribution in [-0.2, 0) is 30.9 Å². The maximum Gasteiger partial charge on any atom is 0.314 e. The van der Waals surface area contributed by atoms with Gasteiger partial charge in [-0.2, -0.15) is 0 Å². The van der Waals surface area contributed by atoms with E-state index in [0.29, 0.717) is 61.0 Å². The molecule has 1 aliphatic rings. The number of rotatable bonds is 12. The molecule has 1 aromatic heterocycles. The van der Waals surface area contributed by atoms with Crippen LogP contribution in [0.15, 0.2) is 71.6 Å². The van der Waals surface area contributed by atoms with Gasteiger partial charge in [0.1, 0.15) is 6.04 Å². The van der Waals surface area contributed by atoms with E-state index >= 15 is 0 Å². The van der Waals surface area contributed by atoms with Gasteiger partial charge in [0.15, 0.2) is 5.78 Å². The standard InChI is InChI=1S/C32H31ClN4O6S/c1-3-6-24(34)17-25-18-28(27-7-4-5-8-29(27)35-25)31(39)20(2)36-14-13-30(32(36)40)37(43-19-38)44(41,42)26-12-10-21-15-23(33)11-9-22(21)16-26/h4-5,7-12,15-16,18-20,30,34H,3,6,13-14,17H2,1-2H3/t20-,30-/m0/s1. The molecule has 1 saturated heterocycles. The molecule has 1 fully saturated rings. The molecule has 10 nitrogen and oxygen atoms in total.